The van der Waals surface area contributed by atoms with Gasteiger partial charge in [0.25, 0.3) is 0 Å². The van der Waals surface area contributed by atoms with Crippen LogP contribution in [0.2, 0.25) is 0 Å². The van der Waals surface area contributed by atoms with Crippen molar-refractivity contribution in [2.24, 2.45) is 7.05 Å². The first-order valence-electron chi connectivity index (χ1n) is 7.71. The molecule has 3 heterocycles. The number of likely N-dealkylation sites (tertiary alicyclic amines) is 1. The number of para-hydroxylation sites is 1. The fraction of sp³-hybridized carbons (Fsp3) is 0.389. The van der Waals surface area contributed by atoms with Crippen LogP contribution in [0, 0.1) is 6.92 Å². The highest BCUT2D eigenvalue weighted by Gasteiger charge is 2.26. The Hall–Kier alpha value is -1.87. The highest BCUT2D eigenvalue weighted by Crippen LogP contribution is 2.39. The van der Waals surface area contributed by atoms with Crippen molar-refractivity contribution in [3.8, 4) is 0 Å². The standard InChI is InChI=1S/C18H21N3/c1-12-18-17(13-7-4-5-8-16(13)21(18)3)14(11-19-12)15-9-6-10-20(15)2/h4-5,7-8,11,15H,6,9-10H2,1-3H3. The Morgan fingerprint density at radius 2 is 2.00 bits per heavy atom. The number of rotatable bonds is 1. The Kier molecular flexibility index (Phi) is 2.79. The highest BCUT2D eigenvalue weighted by atomic mass is 15.1. The number of hydrogen-bond donors (Lipinski definition) is 0. The van der Waals surface area contributed by atoms with Gasteiger partial charge in [0.15, 0.2) is 0 Å². The van der Waals surface area contributed by atoms with Crippen LogP contribution in [-0.4, -0.2) is 28.0 Å². The molecular weight excluding hydrogens is 258 g/mol. The summed E-state index contributed by atoms with van der Waals surface area (Å²) in [4.78, 5) is 7.16. The van der Waals surface area contributed by atoms with Crippen LogP contribution in [-0.2, 0) is 7.05 Å². The van der Waals surface area contributed by atoms with E-state index in [1.807, 2.05) is 0 Å². The molecule has 2 aromatic heterocycles. The second kappa shape index (κ2) is 4.57. The van der Waals surface area contributed by atoms with Crippen molar-refractivity contribution in [2.75, 3.05) is 13.6 Å². The minimum Gasteiger partial charge on any atom is -0.342 e. The fourth-order valence-electron chi connectivity index (χ4n) is 3.96. The number of nitrogens with zero attached hydrogens (tertiary/aromatic N) is 3. The lowest BCUT2D eigenvalue weighted by molar-refractivity contribution is 0.318. The van der Waals surface area contributed by atoms with Gasteiger partial charge in [-0.3, -0.25) is 9.88 Å². The summed E-state index contributed by atoms with van der Waals surface area (Å²) in [5.41, 5.74) is 5.10. The molecule has 3 heteroatoms. The Bertz CT molecular complexity index is 831. The lowest BCUT2D eigenvalue weighted by Gasteiger charge is -2.21. The molecule has 0 aliphatic carbocycles. The van der Waals surface area contributed by atoms with E-state index in [0.29, 0.717) is 6.04 Å². The smallest absolute Gasteiger partial charge is 0.0708 e. The average Bonchev–Trinajstić information content (AvgIpc) is 3.04. The van der Waals surface area contributed by atoms with E-state index in [1.54, 1.807) is 0 Å². The van der Waals surface area contributed by atoms with E-state index in [9.17, 15) is 0 Å². The van der Waals surface area contributed by atoms with Crippen LogP contribution in [0.25, 0.3) is 21.8 Å². The molecule has 3 nitrogen and oxygen atoms in total. The Balaban J connectivity index is 2.13. The lowest BCUT2D eigenvalue weighted by Crippen LogP contribution is -2.18. The predicted octanol–water partition coefficient (Wildman–Crippen LogP) is 3.80. The van der Waals surface area contributed by atoms with E-state index < -0.39 is 0 Å². The number of aromatic nitrogens is 2. The van der Waals surface area contributed by atoms with Crippen molar-refractivity contribution in [2.45, 2.75) is 25.8 Å². The number of benzene rings is 1. The minimum atomic E-state index is 0.506. The Labute approximate surface area is 125 Å². The zero-order chi connectivity index (χ0) is 14.6. The summed E-state index contributed by atoms with van der Waals surface area (Å²) in [7, 11) is 4.38. The van der Waals surface area contributed by atoms with Gasteiger partial charge in [-0.25, -0.2) is 0 Å². The predicted molar refractivity (Wildman–Crippen MR) is 87.6 cm³/mol. The molecule has 0 amide bonds. The van der Waals surface area contributed by atoms with Crippen LogP contribution in [0.15, 0.2) is 30.5 Å². The van der Waals surface area contributed by atoms with Crippen LogP contribution in [0.1, 0.15) is 30.1 Å². The Morgan fingerprint density at radius 3 is 2.76 bits per heavy atom. The fourth-order valence-corrected chi connectivity index (χ4v) is 3.96. The van der Waals surface area contributed by atoms with Gasteiger partial charge >= 0.3 is 0 Å². The molecule has 1 unspecified atom stereocenters. The maximum absolute atomic E-state index is 4.69. The Morgan fingerprint density at radius 1 is 1.19 bits per heavy atom. The SMILES string of the molecule is Cc1ncc(C2CCCN2C)c2c3ccccc3n(C)c12. The van der Waals surface area contributed by atoms with Gasteiger partial charge in [0, 0.05) is 35.6 Å². The van der Waals surface area contributed by atoms with Crippen LogP contribution in [0.5, 0.6) is 0 Å². The highest BCUT2D eigenvalue weighted by molar-refractivity contribution is 6.10. The third-order valence-corrected chi connectivity index (χ3v) is 5.02. The minimum absolute atomic E-state index is 0.506. The molecule has 3 aromatic rings. The van der Waals surface area contributed by atoms with E-state index in [4.69, 9.17) is 4.98 Å². The number of fused-ring (bicyclic) bond motifs is 3. The van der Waals surface area contributed by atoms with Crippen molar-refractivity contribution in [1.82, 2.24) is 14.5 Å². The van der Waals surface area contributed by atoms with Gasteiger partial charge < -0.3 is 4.57 Å². The van der Waals surface area contributed by atoms with E-state index in [-0.39, 0.29) is 0 Å². The second-order valence-electron chi connectivity index (χ2n) is 6.24. The third kappa shape index (κ3) is 1.74. The van der Waals surface area contributed by atoms with Crippen LogP contribution < -0.4 is 0 Å². The lowest BCUT2D eigenvalue weighted by atomic mass is 10.00. The van der Waals surface area contributed by atoms with Gasteiger partial charge in [-0.05, 0) is 45.0 Å². The van der Waals surface area contributed by atoms with E-state index in [0.717, 1.165) is 5.69 Å². The summed E-state index contributed by atoms with van der Waals surface area (Å²) in [6.07, 6.45) is 4.62. The third-order valence-electron chi connectivity index (χ3n) is 5.02. The van der Waals surface area contributed by atoms with Crippen molar-refractivity contribution in [1.29, 1.82) is 0 Å². The van der Waals surface area contributed by atoms with E-state index >= 15 is 0 Å². The zero-order valence-corrected chi connectivity index (χ0v) is 12.9. The topological polar surface area (TPSA) is 21.1 Å². The van der Waals surface area contributed by atoms with E-state index in [1.165, 1.54) is 46.8 Å². The molecule has 1 saturated heterocycles. The number of aryl methyl sites for hydroxylation is 2. The van der Waals surface area contributed by atoms with Crippen LogP contribution in [0.3, 0.4) is 0 Å². The summed E-state index contributed by atoms with van der Waals surface area (Å²) >= 11 is 0. The molecule has 0 N–H and O–H groups in total. The van der Waals surface area contributed by atoms with Gasteiger partial charge in [0.05, 0.1) is 11.2 Å². The van der Waals surface area contributed by atoms with Gasteiger partial charge in [-0.1, -0.05) is 18.2 Å². The molecule has 0 bridgehead atoms. The molecule has 1 aromatic carbocycles. The number of hydrogen-bond acceptors (Lipinski definition) is 2. The second-order valence-corrected chi connectivity index (χ2v) is 6.24. The van der Waals surface area contributed by atoms with Crippen molar-refractivity contribution < 1.29 is 0 Å². The largest absolute Gasteiger partial charge is 0.342 e. The van der Waals surface area contributed by atoms with Crippen molar-refractivity contribution in [3.05, 3.63) is 41.7 Å². The molecule has 108 valence electrons. The first-order chi connectivity index (χ1) is 10.2. The maximum Gasteiger partial charge on any atom is 0.0708 e. The van der Waals surface area contributed by atoms with Crippen LogP contribution >= 0.6 is 0 Å². The molecule has 1 fully saturated rings. The quantitative estimate of drug-likeness (QED) is 0.675. The molecule has 1 atom stereocenters. The molecule has 4 rings (SSSR count). The molecular formula is C18H21N3. The first-order valence-corrected chi connectivity index (χ1v) is 7.71. The van der Waals surface area contributed by atoms with Gasteiger partial charge in [-0.15, -0.1) is 0 Å². The molecule has 0 spiro atoms. The van der Waals surface area contributed by atoms with Crippen LogP contribution in [0.4, 0.5) is 0 Å². The van der Waals surface area contributed by atoms with Gasteiger partial charge in [-0.2, -0.15) is 0 Å². The molecule has 1 aliphatic rings. The zero-order valence-electron chi connectivity index (χ0n) is 12.9. The summed E-state index contributed by atoms with van der Waals surface area (Å²) in [6.45, 7) is 3.30. The van der Waals surface area contributed by atoms with Gasteiger partial charge in [0.1, 0.15) is 0 Å². The monoisotopic (exact) mass is 279 g/mol. The van der Waals surface area contributed by atoms with Crippen molar-refractivity contribution in [3.63, 3.8) is 0 Å². The van der Waals surface area contributed by atoms with Crippen molar-refractivity contribution >= 4 is 21.8 Å². The van der Waals surface area contributed by atoms with Gasteiger partial charge in [0.2, 0.25) is 0 Å². The first kappa shape index (κ1) is 12.8. The molecule has 0 saturated carbocycles. The summed E-state index contributed by atoms with van der Waals surface area (Å²) in [5, 5.41) is 2.76. The molecule has 1 aliphatic heterocycles. The molecule has 0 radical (unpaired) electrons. The molecule has 21 heavy (non-hydrogen) atoms. The number of pyridine rings is 1. The maximum atomic E-state index is 4.69. The van der Waals surface area contributed by atoms with E-state index in [2.05, 4.69) is 60.9 Å². The normalized spacial score (nSPS) is 19.9. The summed E-state index contributed by atoms with van der Waals surface area (Å²) in [5.74, 6) is 0. The summed E-state index contributed by atoms with van der Waals surface area (Å²) < 4.78 is 2.30. The summed E-state index contributed by atoms with van der Waals surface area (Å²) in [6, 6.07) is 9.21. The average molecular weight is 279 g/mol.